The first-order valence-electron chi connectivity index (χ1n) is 5.97. The summed E-state index contributed by atoms with van der Waals surface area (Å²) < 4.78 is 5.51. The zero-order valence-corrected chi connectivity index (χ0v) is 11.8. The van der Waals surface area contributed by atoms with E-state index in [1.165, 1.54) is 0 Å². The highest BCUT2D eigenvalue weighted by Crippen LogP contribution is 2.21. The Morgan fingerprint density at radius 1 is 1.37 bits per heavy atom. The van der Waals surface area contributed by atoms with Gasteiger partial charge in [0.25, 0.3) is 5.91 Å². The molecule has 0 fully saturated rings. The Bertz CT molecular complexity index is 461. The van der Waals surface area contributed by atoms with Crippen molar-refractivity contribution >= 4 is 17.5 Å². The van der Waals surface area contributed by atoms with Crippen molar-refractivity contribution in [1.29, 1.82) is 0 Å². The molecule has 0 aromatic heterocycles. The second kappa shape index (κ2) is 7.64. The predicted octanol–water partition coefficient (Wildman–Crippen LogP) is 3.23. The maximum atomic E-state index is 12.0. The van der Waals surface area contributed by atoms with Gasteiger partial charge in [-0.2, -0.15) is 0 Å². The minimum Gasteiger partial charge on any atom is -0.483 e. The number of benzene rings is 1. The number of hydrogen-bond acceptors (Lipinski definition) is 2. The molecule has 0 atom stereocenters. The molecule has 0 saturated carbocycles. The van der Waals surface area contributed by atoms with Crippen molar-refractivity contribution in [2.45, 2.75) is 6.92 Å². The molecule has 0 aliphatic rings. The Morgan fingerprint density at radius 3 is 2.53 bits per heavy atom. The van der Waals surface area contributed by atoms with Crippen LogP contribution in [0.2, 0.25) is 5.02 Å². The Morgan fingerprint density at radius 2 is 2.00 bits per heavy atom. The quantitative estimate of drug-likeness (QED) is 0.717. The van der Waals surface area contributed by atoms with Crippen LogP contribution < -0.4 is 4.74 Å². The molecular weight excluding hydrogens is 262 g/mol. The van der Waals surface area contributed by atoms with E-state index in [2.05, 4.69) is 13.2 Å². The summed E-state index contributed by atoms with van der Waals surface area (Å²) in [5.74, 6) is 0.559. The van der Waals surface area contributed by atoms with Crippen LogP contribution in [0.15, 0.2) is 43.5 Å². The summed E-state index contributed by atoms with van der Waals surface area (Å²) in [5, 5.41) is 0.649. The van der Waals surface area contributed by atoms with Crippen LogP contribution in [0.5, 0.6) is 5.75 Å². The lowest BCUT2D eigenvalue weighted by atomic mass is 10.2. The number of aryl methyl sites for hydroxylation is 1. The molecule has 102 valence electrons. The number of carbonyl (C=O) groups is 1. The lowest BCUT2D eigenvalue weighted by Gasteiger charge is -2.19. The van der Waals surface area contributed by atoms with E-state index in [9.17, 15) is 4.79 Å². The molecule has 0 aliphatic carbocycles. The van der Waals surface area contributed by atoms with Gasteiger partial charge in [-0.1, -0.05) is 23.8 Å². The van der Waals surface area contributed by atoms with E-state index in [-0.39, 0.29) is 12.5 Å². The zero-order valence-electron chi connectivity index (χ0n) is 11.1. The zero-order chi connectivity index (χ0) is 14.3. The second-order valence-corrected chi connectivity index (χ2v) is 4.51. The second-order valence-electron chi connectivity index (χ2n) is 4.07. The van der Waals surface area contributed by atoms with E-state index < -0.39 is 0 Å². The molecule has 4 heteroatoms. The lowest BCUT2D eigenvalue weighted by molar-refractivity contribution is -0.132. The van der Waals surface area contributed by atoms with Crippen LogP contribution >= 0.6 is 11.6 Å². The van der Waals surface area contributed by atoms with Crippen molar-refractivity contribution < 1.29 is 9.53 Å². The number of halogens is 1. The number of amides is 1. The Hall–Kier alpha value is -1.74. The average Bonchev–Trinajstić information content (AvgIpc) is 2.37. The minimum atomic E-state index is -0.103. The van der Waals surface area contributed by atoms with Gasteiger partial charge in [-0.15, -0.1) is 13.2 Å². The van der Waals surface area contributed by atoms with Gasteiger partial charge in [0.05, 0.1) is 0 Å². The summed E-state index contributed by atoms with van der Waals surface area (Å²) in [6.07, 6.45) is 3.35. The number of nitrogens with zero attached hydrogens (tertiary/aromatic N) is 1. The summed E-state index contributed by atoms with van der Waals surface area (Å²) in [6, 6.07) is 5.29. The Labute approximate surface area is 119 Å². The van der Waals surface area contributed by atoms with Gasteiger partial charge >= 0.3 is 0 Å². The van der Waals surface area contributed by atoms with Crippen LogP contribution in [0, 0.1) is 6.92 Å². The molecule has 1 aromatic carbocycles. The molecule has 1 rings (SSSR count). The Balaban J connectivity index is 2.61. The molecule has 0 unspecified atom stereocenters. The third-order valence-corrected chi connectivity index (χ3v) is 2.77. The van der Waals surface area contributed by atoms with E-state index in [4.69, 9.17) is 16.3 Å². The maximum absolute atomic E-state index is 12.0. The number of ether oxygens (including phenoxy) is 1. The van der Waals surface area contributed by atoms with E-state index in [0.717, 1.165) is 5.56 Å². The molecule has 0 radical (unpaired) electrons. The molecule has 0 heterocycles. The summed E-state index contributed by atoms with van der Waals surface area (Å²) in [6.45, 7) is 10.1. The monoisotopic (exact) mass is 279 g/mol. The third kappa shape index (κ3) is 4.79. The fraction of sp³-hybridized carbons (Fsp3) is 0.267. The van der Waals surface area contributed by atoms with E-state index in [1.54, 1.807) is 35.3 Å². The number of rotatable bonds is 7. The molecule has 19 heavy (non-hydrogen) atoms. The van der Waals surface area contributed by atoms with Gasteiger partial charge in [-0.3, -0.25) is 4.79 Å². The summed E-state index contributed by atoms with van der Waals surface area (Å²) >= 11 is 5.86. The van der Waals surface area contributed by atoms with E-state index in [0.29, 0.717) is 23.9 Å². The van der Waals surface area contributed by atoms with Crippen molar-refractivity contribution in [3.8, 4) is 5.75 Å². The van der Waals surface area contributed by atoms with Gasteiger partial charge in [-0.25, -0.2) is 0 Å². The van der Waals surface area contributed by atoms with Crippen LogP contribution in [-0.2, 0) is 4.79 Å². The van der Waals surface area contributed by atoms with Crippen LogP contribution in [0.1, 0.15) is 5.56 Å². The molecule has 0 N–H and O–H groups in total. The maximum Gasteiger partial charge on any atom is 0.261 e. The Kier molecular flexibility index (Phi) is 6.16. The smallest absolute Gasteiger partial charge is 0.261 e. The normalized spacial score (nSPS) is 9.79. The van der Waals surface area contributed by atoms with E-state index in [1.807, 2.05) is 6.92 Å². The number of hydrogen-bond donors (Lipinski definition) is 0. The summed E-state index contributed by atoms with van der Waals surface area (Å²) in [5.41, 5.74) is 0.902. The fourth-order valence-electron chi connectivity index (χ4n) is 1.60. The van der Waals surface area contributed by atoms with Gasteiger partial charge in [-0.05, 0) is 30.7 Å². The van der Waals surface area contributed by atoms with Gasteiger partial charge in [0.2, 0.25) is 0 Å². The van der Waals surface area contributed by atoms with Gasteiger partial charge in [0.1, 0.15) is 5.75 Å². The number of carbonyl (C=O) groups excluding carboxylic acids is 1. The molecule has 0 bridgehead atoms. The summed E-state index contributed by atoms with van der Waals surface area (Å²) in [7, 11) is 0. The van der Waals surface area contributed by atoms with Crippen molar-refractivity contribution in [3.63, 3.8) is 0 Å². The highest BCUT2D eigenvalue weighted by Gasteiger charge is 2.12. The van der Waals surface area contributed by atoms with Crippen molar-refractivity contribution in [2.75, 3.05) is 19.7 Å². The summed E-state index contributed by atoms with van der Waals surface area (Å²) in [4.78, 5) is 13.6. The molecule has 1 amide bonds. The molecule has 0 spiro atoms. The lowest BCUT2D eigenvalue weighted by Crippen LogP contribution is -2.35. The molecule has 0 aliphatic heterocycles. The van der Waals surface area contributed by atoms with Crippen LogP contribution in [0.3, 0.4) is 0 Å². The van der Waals surface area contributed by atoms with Crippen molar-refractivity contribution in [2.24, 2.45) is 0 Å². The highest BCUT2D eigenvalue weighted by atomic mass is 35.5. The fourth-order valence-corrected chi connectivity index (χ4v) is 1.82. The van der Waals surface area contributed by atoms with Gasteiger partial charge in [0, 0.05) is 18.1 Å². The molecule has 1 aromatic rings. The largest absolute Gasteiger partial charge is 0.483 e. The minimum absolute atomic E-state index is 0.00977. The third-order valence-electron chi connectivity index (χ3n) is 2.54. The predicted molar refractivity (Wildman–Crippen MR) is 78.7 cm³/mol. The van der Waals surface area contributed by atoms with Crippen LogP contribution in [-0.4, -0.2) is 30.5 Å². The van der Waals surface area contributed by atoms with Crippen LogP contribution in [0.25, 0.3) is 0 Å². The highest BCUT2D eigenvalue weighted by molar-refractivity contribution is 6.30. The van der Waals surface area contributed by atoms with Gasteiger partial charge < -0.3 is 9.64 Å². The van der Waals surface area contributed by atoms with E-state index >= 15 is 0 Å². The first-order valence-corrected chi connectivity index (χ1v) is 6.34. The van der Waals surface area contributed by atoms with Crippen molar-refractivity contribution in [3.05, 3.63) is 54.1 Å². The topological polar surface area (TPSA) is 29.5 Å². The standard InChI is InChI=1S/C15H18ClNO2/c1-4-8-17(9-5-2)15(18)11-19-14-7-6-13(16)10-12(14)3/h4-7,10H,1-2,8-9,11H2,3H3. The molecular formula is C15H18ClNO2. The van der Waals surface area contributed by atoms with Crippen molar-refractivity contribution in [1.82, 2.24) is 4.90 Å². The SMILES string of the molecule is C=CCN(CC=C)C(=O)COc1ccc(Cl)cc1C. The molecule has 3 nitrogen and oxygen atoms in total. The first-order chi connectivity index (χ1) is 9.08. The van der Waals surface area contributed by atoms with Gasteiger partial charge in [0.15, 0.2) is 6.61 Å². The molecule has 0 saturated heterocycles. The first kappa shape index (κ1) is 15.3. The van der Waals surface area contributed by atoms with Crippen LogP contribution in [0.4, 0.5) is 0 Å². The average molecular weight is 280 g/mol.